The first-order valence-electron chi connectivity index (χ1n) is 6.51. The van der Waals surface area contributed by atoms with Gasteiger partial charge in [-0.1, -0.05) is 34.1 Å². The highest BCUT2D eigenvalue weighted by atomic mass is 14.9. The number of nitrogens with one attached hydrogen (secondary N) is 1. The largest absolute Gasteiger partial charge is 0.314 e. The normalized spacial score (nSPS) is 15.5. The summed E-state index contributed by atoms with van der Waals surface area (Å²) in [6, 6.07) is 2.80. The molecule has 1 N–H and O–H groups in total. The molecule has 0 aliphatic heterocycles. The van der Waals surface area contributed by atoms with Crippen LogP contribution in [-0.2, 0) is 0 Å². The van der Waals surface area contributed by atoms with Gasteiger partial charge in [0, 0.05) is 19.0 Å². The van der Waals surface area contributed by atoms with E-state index in [9.17, 15) is 0 Å². The molecule has 0 aromatic carbocycles. The van der Waals surface area contributed by atoms with Crippen molar-refractivity contribution >= 4 is 0 Å². The Bertz CT molecular complexity index is 215. The molecule has 0 heterocycles. The molecular formula is C14H28N2. The van der Waals surface area contributed by atoms with E-state index in [1.54, 1.807) is 0 Å². The van der Waals surface area contributed by atoms with Crippen LogP contribution in [0.1, 0.15) is 60.3 Å². The maximum Gasteiger partial charge on any atom is 0.0621 e. The molecule has 2 heteroatoms. The van der Waals surface area contributed by atoms with Crippen LogP contribution < -0.4 is 5.32 Å². The van der Waals surface area contributed by atoms with Crippen LogP contribution in [0.5, 0.6) is 0 Å². The number of hydrogen-bond acceptors (Lipinski definition) is 2. The molecule has 0 aromatic rings. The molecule has 2 nitrogen and oxygen atoms in total. The minimum atomic E-state index is 0.236. The summed E-state index contributed by atoms with van der Waals surface area (Å²) < 4.78 is 0. The van der Waals surface area contributed by atoms with Gasteiger partial charge in [0.25, 0.3) is 0 Å². The standard InChI is InChI=1S/C14H28N2/c1-6-12(2)10-13(3)16-11-14(4,5)8-7-9-15/h12-13,16H,6-8,10-11H2,1-5H3. The van der Waals surface area contributed by atoms with Crippen molar-refractivity contribution in [1.29, 1.82) is 5.26 Å². The van der Waals surface area contributed by atoms with Crippen molar-refractivity contribution in [1.82, 2.24) is 5.32 Å². The first-order chi connectivity index (χ1) is 7.41. The van der Waals surface area contributed by atoms with Gasteiger partial charge in [-0.2, -0.15) is 5.26 Å². The molecule has 0 saturated carbocycles. The summed E-state index contributed by atoms with van der Waals surface area (Å²) in [7, 11) is 0. The second-order valence-corrected chi connectivity index (χ2v) is 5.85. The molecule has 94 valence electrons. The van der Waals surface area contributed by atoms with E-state index >= 15 is 0 Å². The van der Waals surface area contributed by atoms with Crippen LogP contribution in [-0.4, -0.2) is 12.6 Å². The lowest BCUT2D eigenvalue weighted by molar-refractivity contribution is 0.290. The van der Waals surface area contributed by atoms with Gasteiger partial charge in [0.05, 0.1) is 6.07 Å². The van der Waals surface area contributed by atoms with Gasteiger partial charge in [0.1, 0.15) is 0 Å². The molecule has 0 bridgehead atoms. The van der Waals surface area contributed by atoms with Gasteiger partial charge in [0.15, 0.2) is 0 Å². The molecule has 16 heavy (non-hydrogen) atoms. The third-order valence-corrected chi connectivity index (χ3v) is 3.30. The predicted molar refractivity (Wildman–Crippen MR) is 70.2 cm³/mol. The first-order valence-corrected chi connectivity index (χ1v) is 6.51. The molecule has 0 amide bonds. The minimum absolute atomic E-state index is 0.236. The van der Waals surface area contributed by atoms with Crippen LogP contribution in [0, 0.1) is 22.7 Å². The molecule has 0 saturated heterocycles. The smallest absolute Gasteiger partial charge is 0.0621 e. The molecular weight excluding hydrogens is 196 g/mol. The summed E-state index contributed by atoms with van der Waals surface area (Å²) in [6.07, 6.45) is 4.13. The van der Waals surface area contributed by atoms with E-state index < -0.39 is 0 Å². The Morgan fingerprint density at radius 3 is 2.44 bits per heavy atom. The lowest BCUT2D eigenvalue weighted by Crippen LogP contribution is -2.36. The number of rotatable bonds is 8. The van der Waals surface area contributed by atoms with Crippen molar-refractivity contribution in [3.63, 3.8) is 0 Å². The van der Waals surface area contributed by atoms with E-state index in [4.69, 9.17) is 5.26 Å². The highest BCUT2D eigenvalue weighted by Crippen LogP contribution is 2.21. The summed E-state index contributed by atoms with van der Waals surface area (Å²) in [6.45, 7) is 12.3. The summed E-state index contributed by atoms with van der Waals surface area (Å²) in [5.74, 6) is 0.796. The summed E-state index contributed by atoms with van der Waals surface area (Å²) >= 11 is 0. The molecule has 0 fully saturated rings. The maximum absolute atomic E-state index is 8.59. The molecule has 0 aliphatic carbocycles. The van der Waals surface area contributed by atoms with Gasteiger partial charge in [-0.05, 0) is 31.1 Å². The average Bonchev–Trinajstić information content (AvgIpc) is 2.24. The van der Waals surface area contributed by atoms with Gasteiger partial charge in [-0.3, -0.25) is 0 Å². The fourth-order valence-corrected chi connectivity index (χ4v) is 1.79. The molecule has 0 spiro atoms. The minimum Gasteiger partial charge on any atom is -0.314 e. The second-order valence-electron chi connectivity index (χ2n) is 5.85. The fourth-order valence-electron chi connectivity index (χ4n) is 1.79. The lowest BCUT2D eigenvalue weighted by Gasteiger charge is -2.27. The van der Waals surface area contributed by atoms with Gasteiger partial charge in [0.2, 0.25) is 0 Å². The van der Waals surface area contributed by atoms with Crippen LogP contribution in [0.4, 0.5) is 0 Å². The molecule has 0 aromatic heterocycles. The Labute approximate surface area is 101 Å². The van der Waals surface area contributed by atoms with E-state index in [-0.39, 0.29) is 5.41 Å². The monoisotopic (exact) mass is 224 g/mol. The summed E-state index contributed by atoms with van der Waals surface area (Å²) in [5.41, 5.74) is 0.236. The topological polar surface area (TPSA) is 35.8 Å². The zero-order valence-electron chi connectivity index (χ0n) is 11.6. The molecule has 2 atom stereocenters. The van der Waals surface area contributed by atoms with Gasteiger partial charge >= 0.3 is 0 Å². The van der Waals surface area contributed by atoms with Gasteiger partial charge in [-0.15, -0.1) is 0 Å². The van der Waals surface area contributed by atoms with E-state index in [0.29, 0.717) is 12.5 Å². The van der Waals surface area contributed by atoms with Crippen LogP contribution >= 0.6 is 0 Å². The van der Waals surface area contributed by atoms with Gasteiger partial charge < -0.3 is 5.32 Å². The molecule has 0 rings (SSSR count). The van der Waals surface area contributed by atoms with E-state index in [1.807, 2.05) is 0 Å². The van der Waals surface area contributed by atoms with E-state index in [1.165, 1.54) is 12.8 Å². The number of nitriles is 1. The zero-order valence-corrected chi connectivity index (χ0v) is 11.6. The molecule has 0 radical (unpaired) electrons. The van der Waals surface area contributed by atoms with Crippen molar-refractivity contribution in [3.8, 4) is 6.07 Å². The number of nitrogens with zero attached hydrogens (tertiary/aromatic N) is 1. The Hall–Kier alpha value is -0.550. The van der Waals surface area contributed by atoms with Crippen molar-refractivity contribution < 1.29 is 0 Å². The lowest BCUT2D eigenvalue weighted by atomic mass is 9.87. The fraction of sp³-hybridized carbons (Fsp3) is 0.929. The average molecular weight is 224 g/mol. The highest BCUT2D eigenvalue weighted by molar-refractivity contribution is 4.80. The Balaban J connectivity index is 3.81. The summed E-state index contributed by atoms with van der Waals surface area (Å²) in [4.78, 5) is 0. The Morgan fingerprint density at radius 1 is 1.31 bits per heavy atom. The summed E-state index contributed by atoms with van der Waals surface area (Å²) in [5, 5.41) is 12.2. The maximum atomic E-state index is 8.59. The van der Waals surface area contributed by atoms with Crippen molar-refractivity contribution in [3.05, 3.63) is 0 Å². The van der Waals surface area contributed by atoms with Crippen LogP contribution in [0.25, 0.3) is 0 Å². The third kappa shape index (κ3) is 7.70. The highest BCUT2D eigenvalue weighted by Gasteiger charge is 2.18. The van der Waals surface area contributed by atoms with Crippen molar-refractivity contribution in [2.24, 2.45) is 11.3 Å². The SMILES string of the molecule is CCC(C)CC(C)NCC(C)(C)CCC#N. The number of hydrogen-bond donors (Lipinski definition) is 1. The van der Waals surface area contributed by atoms with E-state index in [2.05, 4.69) is 46.0 Å². The van der Waals surface area contributed by atoms with Crippen LogP contribution in [0.2, 0.25) is 0 Å². The third-order valence-electron chi connectivity index (χ3n) is 3.30. The Morgan fingerprint density at radius 2 is 1.94 bits per heavy atom. The zero-order chi connectivity index (χ0) is 12.6. The molecule has 0 aliphatic rings. The second kappa shape index (κ2) is 7.68. The van der Waals surface area contributed by atoms with Crippen LogP contribution in [0.3, 0.4) is 0 Å². The Kier molecular flexibility index (Phi) is 7.42. The first kappa shape index (κ1) is 15.4. The van der Waals surface area contributed by atoms with Crippen LogP contribution in [0.15, 0.2) is 0 Å². The van der Waals surface area contributed by atoms with Crippen molar-refractivity contribution in [2.45, 2.75) is 66.3 Å². The van der Waals surface area contributed by atoms with Gasteiger partial charge in [-0.25, -0.2) is 0 Å². The predicted octanol–water partition coefficient (Wildman–Crippen LogP) is 3.73. The van der Waals surface area contributed by atoms with E-state index in [0.717, 1.165) is 18.9 Å². The quantitative estimate of drug-likeness (QED) is 0.682. The van der Waals surface area contributed by atoms with Crippen molar-refractivity contribution in [2.75, 3.05) is 6.54 Å². The molecule has 2 unspecified atom stereocenters.